The van der Waals surface area contributed by atoms with Gasteiger partial charge in [0.1, 0.15) is 0 Å². The van der Waals surface area contributed by atoms with Gasteiger partial charge in [0.05, 0.1) is 11.9 Å². The van der Waals surface area contributed by atoms with Gasteiger partial charge in [0.2, 0.25) is 5.91 Å². The van der Waals surface area contributed by atoms with Gasteiger partial charge >= 0.3 is 0 Å². The molecule has 19 heavy (non-hydrogen) atoms. The number of aromatic nitrogens is 3. The first-order valence-electron chi connectivity index (χ1n) is 6.11. The summed E-state index contributed by atoms with van der Waals surface area (Å²) >= 11 is 5.56. The molecule has 0 unspecified atom stereocenters. The first-order valence-corrected chi connectivity index (χ1v) is 6.65. The fourth-order valence-corrected chi connectivity index (χ4v) is 1.79. The maximum atomic E-state index is 11.6. The SMILES string of the molecule is O=C(CCCCCl)Nc1ccc(-n2cccn2)nc1. The topological polar surface area (TPSA) is 59.8 Å². The molecule has 0 fully saturated rings. The van der Waals surface area contributed by atoms with Crippen molar-refractivity contribution in [2.75, 3.05) is 11.2 Å². The Bertz CT molecular complexity index is 510. The van der Waals surface area contributed by atoms with Crippen molar-refractivity contribution in [2.45, 2.75) is 19.3 Å². The Morgan fingerprint density at radius 2 is 2.26 bits per heavy atom. The van der Waals surface area contributed by atoms with Gasteiger partial charge in [-0.3, -0.25) is 4.79 Å². The predicted molar refractivity (Wildman–Crippen MR) is 74.6 cm³/mol. The van der Waals surface area contributed by atoms with Crippen molar-refractivity contribution in [3.8, 4) is 5.82 Å². The minimum Gasteiger partial charge on any atom is -0.325 e. The second kappa shape index (κ2) is 6.89. The molecule has 0 spiro atoms. The average molecular weight is 279 g/mol. The Morgan fingerprint density at radius 3 is 2.89 bits per heavy atom. The van der Waals surface area contributed by atoms with E-state index in [1.165, 1.54) is 0 Å². The molecule has 2 rings (SSSR count). The Balaban J connectivity index is 1.90. The first kappa shape index (κ1) is 13.5. The number of anilines is 1. The molecule has 1 N–H and O–H groups in total. The van der Waals surface area contributed by atoms with Crippen LogP contribution in [0, 0.1) is 0 Å². The third-order valence-electron chi connectivity index (χ3n) is 2.56. The number of nitrogens with one attached hydrogen (secondary N) is 1. The number of amides is 1. The molecule has 0 aliphatic carbocycles. The first-order chi connectivity index (χ1) is 9.29. The van der Waals surface area contributed by atoms with Gasteiger partial charge in [-0.15, -0.1) is 11.6 Å². The van der Waals surface area contributed by atoms with Gasteiger partial charge in [-0.2, -0.15) is 5.10 Å². The van der Waals surface area contributed by atoms with Crippen LogP contribution in [0.4, 0.5) is 5.69 Å². The maximum Gasteiger partial charge on any atom is 0.224 e. The summed E-state index contributed by atoms with van der Waals surface area (Å²) in [5, 5.41) is 6.88. The van der Waals surface area contributed by atoms with Crippen LogP contribution in [-0.4, -0.2) is 26.6 Å². The lowest BCUT2D eigenvalue weighted by molar-refractivity contribution is -0.116. The number of rotatable bonds is 6. The predicted octanol–water partition coefficient (Wildman–Crippen LogP) is 2.61. The zero-order valence-electron chi connectivity index (χ0n) is 10.4. The molecule has 1 amide bonds. The monoisotopic (exact) mass is 278 g/mol. The van der Waals surface area contributed by atoms with Crippen LogP contribution in [0.2, 0.25) is 0 Å². The van der Waals surface area contributed by atoms with Gasteiger partial charge in [0.15, 0.2) is 5.82 Å². The highest BCUT2D eigenvalue weighted by molar-refractivity contribution is 6.17. The van der Waals surface area contributed by atoms with Crippen molar-refractivity contribution < 1.29 is 4.79 Å². The van der Waals surface area contributed by atoms with E-state index in [0.29, 0.717) is 23.8 Å². The van der Waals surface area contributed by atoms with E-state index < -0.39 is 0 Å². The smallest absolute Gasteiger partial charge is 0.224 e. The van der Waals surface area contributed by atoms with Crippen molar-refractivity contribution in [1.29, 1.82) is 0 Å². The zero-order chi connectivity index (χ0) is 13.5. The highest BCUT2D eigenvalue weighted by Crippen LogP contribution is 2.10. The third-order valence-corrected chi connectivity index (χ3v) is 2.83. The molecule has 5 nitrogen and oxygen atoms in total. The quantitative estimate of drug-likeness (QED) is 0.653. The number of alkyl halides is 1. The Morgan fingerprint density at radius 1 is 1.37 bits per heavy atom. The maximum absolute atomic E-state index is 11.6. The van der Waals surface area contributed by atoms with Gasteiger partial charge in [-0.05, 0) is 31.0 Å². The number of nitrogens with zero attached hydrogens (tertiary/aromatic N) is 3. The molecule has 0 aliphatic rings. The number of carbonyl (C=O) groups excluding carboxylic acids is 1. The van der Waals surface area contributed by atoms with Crippen LogP contribution in [-0.2, 0) is 4.79 Å². The molecule has 6 heteroatoms. The lowest BCUT2D eigenvalue weighted by Gasteiger charge is -2.05. The number of pyridine rings is 1. The standard InChI is InChI=1S/C13H15ClN4O/c14-7-2-1-4-13(19)17-11-5-6-12(15-10-11)18-9-3-8-16-18/h3,5-6,8-10H,1-2,4,7H2,(H,17,19). The zero-order valence-corrected chi connectivity index (χ0v) is 11.2. The van der Waals surface area contributed by atoms with E-state index in [-0.39, 0.29) is 5.91 Å². The molecule has 2 aromatic heterocycles. The summed E-state index contributed by atoms with van der Waals surface area (Å²) in [4.78, 5) is 15.8. The average Bonchev–Trinajstić information content (AvgIpc) is 2.94. The molecule has 0 bridgehead atoms. The number of halogens is 1. The number of hydrogen-bond donors (Lipinski definition) is 1. The van der Waals surface area contributed by atoms with Gasteiger partial charge < -0.3 is 5.32 Å². The molecule has 0 saturated heterocycles. The summed E-state index contributed by atoms with van der Waals surface area (Å²) in [5.41, 5.74) is 0.687. The van der Waals surface area contributed by atoms with Crippen molar-refractivity contribution >= 4 is 23.2 Å². The van der Waals surface area contributed by atoms with Crippen molar-refractivity contribution in [3.05, 3.63) is 36.8 Å². The van der Waals surface area contributed by atoms with Crippen molar-refractivity contribution in [2.24, 2.45) is 0 Å². The molecule has 0 aromatic carbocycles. The largest absolute Gasteiger partial charge is 0.325 e. The molecular weight excluding hydrogens is 264 g/mol. The van der Waals surface area contributed by atoms with Crippen molar-refractivity contribution in [1.82, 2.24) is 14.8 Å². The van der Waals surface area contributed by atoms with Gasteiger partial charge in [-0.1, -0.05) is 0 Å². The fraction of sp³-hybridized carbons (Fsp3) is 0.308. The number of carbonyl (C=O) groups is 1. The van der Waals surface area contributed by atoms with Gasteiger partial charge in [0.25, 0.3) is 0 Å². The molecular formula is C13H15ClN4O. The van der Waals surface area contributed by atoms with Crippen LogP contribution >= 0.6 is 11.6 Å². The normalized spacial score (nSPS) is 10.4. The van der Waals surface area contributed by atoms with Crippen LogP contribution in [0.3, 0.4) is 0 Å². The summed E-state index contributed by atoms with van der Waals surface area (Å²) < 4.78 is 1.66. The van der Waals surface area contributed by atoms with Gasteiger partial charge in [-0.25, -0.2) is 9.67 Å². The van der Waals surface area contributed by atoms with Crippen LogP contribution < -0.4 is 5.32 Å². The van der Waals surface area contributed by atoms with Crippen LogP contribution in [0.15, 0.2) is 36.8 Å². The summed E-state index contributed by atoms with van der Waals surface area (Å²) in [6, 6.07) is 5.44. The Labute approximate surface area is 116 Å². The van der Waals surface area contributed by atoms with Crippen molar-refractivity contribution in [3.63, 3.8) is 0 Å². The summed E-state index contributed by atoms with van der Waals surface area (Å²) in [5.74, 6) is 1.29. The van der Waals surface area contributed by atoms with Crippen LogP contribution in [0.25, 0.3) is 5.82 Å². The minimum absolute atomic E-state index is 0.0150. The molecule has 2 heterocycles. The molecule has 100 valence electrons. The number of hydrogen-bond acceptors (Lipinski definition) is 3. The number of unbranched alkanes of at least 4 members (excludes halogenated alkanes) is 1. The highest BCUT2D eigenvalue weighted by atomic mass is 35.5. The second-order valence-corrected chi connectivity index (χ2v) is 4.43. The summed E-state index contributed by atoms with van der Waals surface area (Å²) in [6.45, 7) is 0. The highest BCUT2D eigenvalue weighted by Gasteiger charge is 2.03. The van der Waals surface area contributed by atoms with E-state index in [2.05, 4.69) is 15.4 Å². The second-order valence-electron chi connectivity index (χ2n) is 4.05. The van der Waals surface area contributed by atoms with Crippen LogP contribution in [0.1, 0.15) is 19.3 Å². The molecule has 0 aliphatic heterocycles. The fourth-order valence-electron chi connectivity index (χ4n) is 1.60. The Hall–Kier alpha value is -1.88. The lowest BCUT2D eigenvalue weighted by Crippen LogP contribution is -2.11. The van der Waals surface area contributed by atoms with E-state index in [1.54, 1.807) is 23.1 Å². The third kappa shape index (κ3) is 4.06. The van der Waals surface area contributed by atoms with E-state index in [0.717, 1.165) is 12.8 Å². The van der Waals surface area contributed by atoms with E-state index in [9.17, 15) is 4.79 Å². The van der Waals surface area contributed by atoms with E-state index in [4.69, 9.17) is 11.6 Å². The molecule has 0 radical (unpaired) electrons. The van der Waals surface area contributed by atoms with E-state index >= 15 is 0 Å². The summed E-state index contributed by atoms with van der Waals surface area (Å²) in [6.07, 6.45) is 7.25. The summed E-state index contributed by atoms with van der Waals surface area (Å²) in [7, 11) is 0. The van der Waals surface area contributed by atoms with Gasteiger partial charge in [0, 0.05) is 24.7 Å². The molecule has 0 saturated carbocycles. The lowest BCUT2D eigenvalue weighted by atomic mass is 10.2. The minimum atomic E-state index is -0.0150. The van der Waals surface area contributed by atoms with E-state index in [1.807, 2.05) is 18.3 Å². The van der Waals surface area contributed by atoms with Crippen LogP contribution in [0.5, 0.6) is 0 Å². The molecule has 2 aromatic rings. The molecule has 0 atom stereocenters. The Kier molecular flexibility index (Phi) is 4.92.